The van der Waals surface area contributed by atoms with Crippen molar-refractivity contribution in [1.82, 2.24) is 14.5 Å². The first-order valence-electron chi connectivity index (χ1n) is 9.54. The maximum atomic E-state index is 13.0. The summed E-state index contributed by atoms with van der Waals surface area (Å²) in [7, 11) is 12.8. The maximum Gasteiger partial charge on any atom is 0.230 e. The molecule has 0 radical (unpaired) electrons. The van der Waals surface area contributed by atoms with Crippen molar-refractivity contribution >= 4 is 29.2 Å². The zero-order valence-corrected chi connectivity index (χ0v) is 18.8. The molecule has 2 aromatic rings. The molecule has 0 unspecified atom stereocenters. The molecule has 1 aliphatic rings. The molecule has 2 heterocycles. The maximum absolute atomic E-state index is 13.0. The fourth-order valence-corrected chi connectivity index (χ4v) is 3.46. The third-order valence-corrected chi connectivity index (χ3v) is 5.32. The highest BCUT2D eigenvalue weighted by atomic mass is 16.5. The van der Waals surface area contributed by atoms with Crippen LogP contribution in [0.1, 0.15) is 32.1 Å². The molecule has 0 fully saturated rings. The molecule has 9 nitrogen and oxygen atoms in total. The first kappa shape index (κ1) is 21.4. The number of allylic oxidation sites excluding steroid dienone is 2. The third kappa shape index (κ3) is 3.51. The first-order chi connectivity index (χ1) is 14.1. The fraction of sp³-hybridized carbons (Fsp3) is 0.429. The number of hydrogen-bond donors (Lipinski definition) is 0. The monoisotopic (exact) mass is 412 g/mol. The van der Waals surface area contributed by atoms with Crippen molar-refractivity contribution in [2.24, 2.45) is 7.05 Å². The standard InChI is InChI=1S/C21H28N6O3/c1-12-13(18-19(27(12)7)14(28)9-15(30-8)20(18)29)11-26(6)21-22-16(24(2)3)10-17(23-21)25(4)5/h9-10H,11H2,1-8H3. The van der Waals surface area contributed by atoms with E-state index in [1.807, 2.05) is 62.9 Å². The third-order valence-electron chi connectivity index (χ3n) is 5.32. The van der Waals surface area contributed by atoms with Crippen molar-refractivity contribution < 1.29 is 14.3 Å². The normalized spacial score (nSPS) is 13.1. The molecule has 0 saturated carbocycles. The highest BCUT2D eigenvalue weighted by Gasteiger charge is 2.34. The van der Waals surface area contributed by atoms with E-state index in [0.717, 1.165) is 22.9 Å². The van der Waals surface area contributed by atoms with E-state index in [-0.39, 0.29) is 17.3 Å². The van der Waals surface area contributed by atoms with Crippen molar-refractivity contribution in [2.45, 2.75) is 13.5 Å². The number of Topliss-reactive ketones (excluding diaryl/α,β-unsaturated/α-hetero) is 1. The van der Waals surface area contributed by atoms with Crippen molar-refractivity contribution in [1.29, 1.82) is 0 Å². The first-order valence-corrected chi connectivity index (χ1v) is 9.54. The minimum Gasteiger partial charge on any atom is -0.492 e. The van der Waals surface area contributed by atoms with Crippen LogP contribution in [-0.4, -0.2) is 68.4 Å². The average Bonchev–Trinajstić information content (AvgIpc) is 2.95. The molecule has 0 spiro atoms. The molecule has 9 heteroatoms. The molecule has 2 aromatic heterocycles. The summed E-state index contributed by atoms with van der Waals surface area (Å²) in [6.45, 7) is 2.27. The van der Waals surface area contributed by atoms with E-state index in [4.69, 9.17) is 4.74 Å². The van der Waals surface area contributed by atoms with Gasteiger partial charge < -0.3 is 24.0 Å². The van der Waals surface area contributed by atoms with Crippen LogP contribution in [0.4, 0.5) is 17.6 Å². The van der Waals surface area contributed by atoms with Gasteiger partial charge in [0.2, 0.25) is 17.5 Å². The molecule has 0 N–H and O–H groups in total. The summed E-state index contributed by atoms with van der Waals surface area (Å²) in [5.41, 5.74) is 2.39. The Morgan fingerprint density at radius 3 is 2.10 bits per heavy atom. The summed E-state index contributed by atoms with van der Waals surface area (Å²) < 4.78 is 6.91. The van der Waals surface area contributed by atoms with Crippen molar-refractivity contribution in [3.8, 4) is 0 Å². The average molecular weight is 412 g/mol. The zero-order chi connectivity index (χ0) is 22.3. The van der Waals surface area contributed by atoms with Gasteiger partial charge in [0.05, 0.1) is 12.7 Å². The number of fused-ring (bicyclic) bond motifs is 1. The Morgan fingerprint density at radius 1 is 1.03 bits per heavy atom. The molecule has 0 saturated heterocycles. The zero-order valence-electron chi connectivity index (χ0n) is 18.8. The number of carbonyl (C=O) groups excluding carboxylic acids is 2. The lowest BCUT2D eigenvalue weighted by atomic mass is 9.96. The van der Waals surface area contributed by atoms with Gasteiger partial charge in [-0.2, -0.15) is 9.97 Å². The van der Waals surface area contributed by atoms with Crippen LogP contribution in [0.25, 0.3) is 0 Å². The van der Waals surface area contributed by atoms with Crippen molar-refractivity contribution in [2.75, 3.05) is 57.0 Å². The number of ketones is 2. The Labute approximate surface area is 176 Å². The van der Waals surface area contributed by atoms with Crippen LogP contribution in [0.5, 0.6) is 0 Å². The Morgan fingerprint density at radius 2 is 1.60 bits per heavy atom. The number of methoxy groups -OCH3 is 1. The van der Waals surface area contributed by atoms with Crippen LogP contribution in [0.3, 0.4) is 0 Å². The topological polar surface area (TPSA) is 83.8 Å². The van der Waals surface area contributed by atoms with Crippen LogP contribution in [0, 0.1) is 6.92 Å². The quantitative estimate of drug-likeness (QED) is 0.710. The molecule has 30 heavy (non-hydrogen) atoms. The van der Waals surface area contributed by atoms with Gasteiger partial charge in [-0.05, 0) is 6.92 Å². The van der Waals surface area contributed by atoms with E-state index in [9.17, 15) is 9.59 Å². The second kappa shape index (κ2) is 7.81. The molecule has 1 aliphatic carbocycles. The van der Waals surface area contributed by atoms with Gasteiger partial charge in [-0.25, -0.2) is 0 Å². The summed E-state index contributed by atoms with van der Waals surface area (Å²) in [6.07, 6.45) is 1.25. The van der Waals surface area contributed by atoms with Crippen molar-refractivity contribution in [3.63, 3.8) is 0 Å². The molecule has 0 amide bonds. The smallest absolute Gasteiger partial charge is 0.230 e. The number of ether oxygens (including phenoxy) is 1. The number of rotatable bonds is 6. The van der Waals surface area contributed by atoms with Gasteiger partial charge in [0.25, 0.3) is 0 Å². The second-order valence-electron chi connectivity index (χ2n) is 7.78. The minimum atomic E-state index is -0.281. The summed E-state index contributed by atoms with van der Waals surface area (Å²) >= 11 is 0. The summed E-state index contributed by atoms with van der Waals surface area (Å²) in [6, 6.07) is 1.91. The second-order valence-corrected chi connectivity index (χ2v) is 7.78. The summed E-state index contributed by atoms with van der Waals surface area (Å²) in [4.78, 5) is 40.6. The molecule has 0 bridgehead atoms. The SMILES string of the molecule is COC1=CC(=O)c2c(c(CN(C)c3nc(N(C)C)cc(N(C)C)n3)c(C)n2C)C1=O. The van der Waals surface area contributed by atoms with E-state index in [1.54, 1.807) is 11.6 Å². The Balaban J connectivity index is 2.06. The van der Waals surface area contributed by atoms with Crippen LogP contribution >= 0.6 is 0 Å². The lowest BCUT2D eigenvalue weighted by Gasteiger charge is -2.23. The van der Waals surface area contributed by atoms with E-state index < -0.39 is 0 Å². The predicted molar refractivity (Wildman–Crippen MR) is 117 cm³/mol. The number of aromatic nitrogens is 3. The molecular formula is C21H28N6O3. The molecule has 0 atom stereocenters. The summed E-state index contributed by atoms with van der Waals surface area (Å²) in [5, 5.41) is 0. The number of nitrogens with zero attached hydrogens (tertiary/aromatic N) is 6. The number of anilines is 3. The van der Waals surface area contributed by atoms with Gasteiger partial charge in [0.1, 0.15) is 17.3 Å². The molecular weight excluding hydrogens is 384 g/mol. The molecule has 0 aliphatic heterocycles. The van der Waals surface area contributed by atoms with E-state index in [1.165, 1.54) is 13.2 Å². The lowest BCUT2D eigenvalue weighted by Crippen LogP contribution is -2.25. The highest BCUT2D eigenvalue weighted by Crippen LogP contribution is 2.31. The summed E-state index contributed by atoms with van der Waals surface area (Å²) in [5.74, 6) is 1.62. The number of hydrogen-bond acceptors (Lipinski definition) is 8. The van der Waals surface area contributed by atoms with Crippen LogP contribution < -0.4 is 14.7 Å². The van der Waals surface area contributed by atoms with Gasteiger partial charge in [-0.1, -0.05) is 0 Å². The van der Waals surface area contributed by atoms with Crippen LogP contribution in [0.15, 0.2) is 17.9 Å². The molecule has 3 rings (SSSR count). The largest absolute Gasteiger partial charge is 0.492 e. The van der Waals surface area contributed by atoms with Crippen LogP contribution in [0.2, 0.25) is 0 Å². The van der Waals surface area contributed by atoms with E-state index in [2.05, 4.69) is 9.97 Å². The predicted octanol–water partition coefficient (Wildman–Crippen LogP) is 1.80. The van der Waals surface area contributed by atoms with Gasteiger partial charge >= 0.3 is 0 Å². The van der Waals surface area contributed by atoms with Crippen LogP contribution in [-0.2, 0) is 18.3 Å². The van der Waals surface area contributed by atoms with Gasteiger partial charge in [-0.3, -0.25) is 9.59 Å². The van der Waals surface area contributed by atoms with Gasteiger partial charge in [0, 0.05) is 72.2 Å². The molecule has 160 valence electrons. The Kier molecular flexibility index (Phi) is 5.56. The van der Waals surface area contributed by atoms with Crippen molar-refractivity contribution in [3.05, 3.63) is 40.4 Å². The van der Waals surface area contributed by atoms with Gasteiger partial charge in [0.15, 0.2) is 5.76 Å². The van der Waals surface area contributed by atoms with E-state index in [0.29, 0.717) is 23.8 Å². The number of carbonyl (C=O) groups is 2. The Hall–Kier alpha value is -3.36. The minimum absolute atomic E-state index is 0.0581. The fourth-order valence-electron chi connectivity index (χ4n) is 3.46. The van der Waals surface area contributed by atoms with Gasteiger partial charge in [-0.15, -0.1) is 0 Å². The highest BCUT2D eigenvalue weighted by molar-refractivity contribution is 6.24. The lowest BCUT2D eigenvalue weighted by molar-refractivity contribution is 0.0913. The molecule has 0 aromatic carbocycles. The Bertz CT molecular complexity index is 1030. The van der Waals surface area contributed by atoms with E-state index >= 15 is 0 Å².